The number of carbonyl (C=O) groups excluding carboxylic acids is 1. The van der Waals surface area contributed by atoms with Crippen LogP contribution >= 0.6 is 0 Å². The van der Waals surface area contributed by atoms with E-state index < -0.39 is 0 Å². The van der Waals surface area contributed by atoms with E-state index in [1.54, 1.807) is 12.1 Å². The molecule has 1 aromatic carbocycles. The minimum atomic E-state index is -0.193. The van der Waals surface area contributed by atoms with E-state index in [1.165, 1.54) is 31.7 Å². The van der Waals surface area contributed by atoms with Gasteiger partial charge in [0.15, 0.2) is 0 Å². The van der Waals surface area contributed by atoms with Gasteiger partial charge in [0.1, 0.15) is 5.82 Å². The first kappa shape index (κ1) is 15.1. The van der Waals surface area contributed by atoms with Crippen LogP contribution in [0.5, 0.6) is 0 Å². The quantitative estimate of drug-likeness (QED) is 0.897. The van der Waals surface area contributed by atoms with E-state index >= 15 is 0 Å². The molecule has 1 aromatic rings. The summed E-state index contributed by atoms with van der Waals surface area (Å²) in [5.41, 5.74) is 0.981. The summed E-state index contributed by atoms with van der Waals surface area (Å²) in [6, 6.07) is 7.33. The van der Waals surface area contributed by atoms with Crippen LogP contribution < -0.4 is 10.6 Å². The molecule has 2 N–H and O–H groups in total. The van der Waals surface area contributed by atoms with Crippen LogP contribution in [0.2, 0.25) is 0 Å². The highest BCUT2D eigenvalue weighted by atomic mass is 19.1. The smallest absolute Gasteiger partial charge is 0.237 e. The van der Waals surface area contributed by atoms with Crippen LogP contribution in [-0.2, 0) is 10.2 Å². The molecule has 1 saturated heterocycles. The largest absolute Gasteiger partial charge is 0.354 e. The van der Waals surface area contributed by atoms with Crippen LogP contribution in [0.25, 0.3) is 0 Å². The molecule has 2 saturated carbocycles. The average molecular weight is 316 g/mol. The minimum Gasteiger partial charge on any atom is -0.354 e. The Labute approximate surface area is 137 Å². The Morgan fingerprint density at radius 3 is 2.87 bits per heavy atom. The Kier molecular flexibility index (Phi) is 3.88. The third-order valence-corrected chi connectivity index (χ3v) is 6.07. The van der Waals surface area contributed by atoms with E-state index in [0.29, 0.717) is 18.5 Å². The first-order valence-corrected chi connectivity index (χ1v) is 8.96. The minimum absolute atomic E-state index is 0.0357. The van der Waals surface area contributed by atoms with Gasteiger partial charge in [-0.1, -0.05) is 25.0 Å². The number of amides is 1. The van der Waals surface area contributed by atoms with Crippen molar-refractivity contribution in [3.63, 3.8) is 0 Å². The second-order valence-corrected chi connectivity index (χ2v) is 7.61. The Morgan fingerprint density at radius 1 is 1.30 bits per heavy atom. The van der Waals surface area contributed by atoms with Crippen molar-refractivity contribution in [2.45, 2.75) is 62.4 Å². The van der Waals surface area contributed by atoms with Crippen LogP contribution in [0.15, 0.2) is 24.3 Å². The Bertz CT molecular complexity index is 585. The van der Waals surface area contributed by atoms with E-state index in [1.807, 2.05) is 6.07 Å². The Morgan fingerprint density at radius 2 is 2.13 bits per heavy atom. The van der Waals surface area contributed by atoms with Crippen molar-refractivity contribution in [2.24, 2.45) is 5.92 Å². The van der Waals surface area contributed by atoms with Gasteiger partial charge in [-0.25, -0.2) is 4.39 Å². The summed E-state index contributed by atoms with van der Waals surface area (Å²) < 4.78 is 13.4. The van der Waals surface area contributed by atoms with E-state index in [0.717, 1.165) is 24.8 Å². The maximum Gasteiger partial charge on any atom is 0.237 e. The molecule has 3 aliphatic rings. The maximum absolute atomic E-state index is 13.4. The molecule has 3 atom stereocenters. The molecule has 4 rings (SSSR count). The Balaban J connectivity index is 1.35. The number of rotatable bonds is 4. The molecule has 3 unspecified atom stereocenters. The third-order valence-electron chi connectivity index (χ3n) is 6.07. The SMILES string of the molecule is O=C(NCC1(c2cccc(F)c2)CC1)C1CC2CCCCC2N1. The summed E-state index contributed by atoms with van der Waals surface area (Å²) in [4.78, 5) is 12.5. The number of fused-ring (bicyclic) bond motifs is 1. The predicted octanol–water partition coefficient (Wildman–Crippen LogP) is 2.89. The van der Waals surface area contributed by atoms with Gasteiger partial charge in [0.05, 0.1) is 6.04 Å². The molecule has 3 nitrogen and oxygen atoms in total. The lowest BCUT2D eigenvalue weighted by Gasteiger charge is -2.24. The molecule has 1 aliphatic heterocycles. The number of benzene rings is 1. The molecule has 124 valence electrons. The summed E-state index contributed by atoms with van der Waals surface area (Å²) >= 11 is 0. The van der Waals surface area contributed by atoms with Gasteiger partial charge in [0.2, 0.25) is 5.91 Å². The van der Waals surface area contributed by atoms with Gasteiger partial charge in [-0.2, -0.15) is 0 Å². The molecule has 0 spiro atoms. The molecule has 2 aliphatic carbocycles. The lowest BCUT2D eigenvalue weighted by atomic mass is 9.85. The van der Waals surface area contributed by atoms with E-state index in [-0.39, 0.29) is 23.2 Å². The molecule has 0 bridgehead atoms. The standard InChI is InChI=1S/C19H25FN2O/c20-15-6-3-5-14(11-15)19(8-9-19)12-21-18(23)17-10-13-4-1-2-7-16(13)22-17/h3,5-6,11,13,16-17,22H,1-2,4,7-10,12H2,(H,21,23). The molecule has 4 heteroatoms. The summed E-state index contributed by atoms with van der Waals surface area (Å²) in [6.07, 6.45) is 8.09. The van der Waals surface area contributed by atoms with Crippen LogP contribution in [0.1, 0.15) is 50.5 Å². The molecule has 3 fully saturated rings. The van der Waals surface area contributed by atoms with Crippen molar-refractivity contribution in [1.82, 2.24) is 10.6 Å². The van der Waals surface area contributed by atoms with Gasteiger partial charge in [0.25, 0.3) is 0 Å². The van der Waals surface area contributed by atoms with Crippen molar-refractivity contribution in [3.05, 3.63) is 35.6 Å². The number of halogens is 1. The summed E-state index contributed by atoms with van der Waals surface area (Å²) in [7, 11) is 0. The summed E-state index contributed by atoms with van der Waals surface area (Å²) in [5, 5.41) is 6.66. The number of carbonyl (C=O) groups is 1. The predicted molar refractivity (Wildman–Crippen MR) is 87.6 cm³/mol. The molecule has 0 radical (unpaired) electrons. The monoisotopic (exact) mass is 316 g/mol. The first-order valence-electron chi connectivity index (χ1n) is 8.96. The van der Waals surface area contributed by atoms with Crippen molar-refractivity contribution in [2.75, 3.05) is 6.54 Å². The second kappa shape index (κ2) is 5.90. The molecule has 0 aromatic heterocycles. The van der Waals surface area contributed by atoms with Gasteiger partial charge >= 0.3 is 0 Å². The fourth-order valence-corrected chi connectivity index (χ4v) is 4.44. The number of hydrogen-bond acceptors (Lipinski definition) is 2. The molecule has 1 amide bonds. The molecular weight excluding hydrogens is 291 g/mol. The normalized spacial score (nSPS) is 31.4. The molecular formula is C19H25FN2O. The van der Waals surface area contributed by atoms with Crippen LogP contribution in [0, 0.1) is 11.7 Å². The summed E-state index contributed by atoms with van der Waals surface area (Å²) in [5.74, 6) is 0.612. The van der Waals surface area contributed by atoms with Crippen molar-refractivity contribution in [1.29, 1.82) is 0 Å². The highest BCUT2D eigenvalue weighted by Crippen LogP contribution is 2.47. The molecule has 1 heterocycles. The van der Waals surface area contributed by atoms with Crippen molar-refractivity contribution >= 4 is 5.91 Å². The highest BCUT2D eigenvalue weighted by molar-refractivity contribution is 5.82. The van der Waals surface area contributed by atoms with Crippen molar-refractivity contribution < 1.29 is 9.18 Å². The lowest BCUT2D eigenvalue weighted by Crippen LogP contribution is -2.45. The van der Waals surface area contributed by atoms with E-state index in [4.69, 9.17) is 0 Å². The average Bonchev–Trinajstić information content (AvgIpc) is 3.23. The number of nitrogens with one attached hydrogen (secondary N) is 2. The zero-order chi connectivity index (χ0) is 15.9. The van der Waals surface area contributed by atoms with Gasteiger partial charge in [-0.3, -0.25) is 4.79 Å². The maximum atomic E-state index is 13.4. The fourth-order valence-electron chi connectivity index (χ4n) is 4.44. The summed E-state index contributed by atoms with van der Waals surface area (Å²) in [6.45, 7) is 0.628. The Hall–Kier alpha value is -1.42. The van der Waals surface area contributed by atoms with Crippen molar-refractivity contribution in [3.8, 4) is 0 Å². The highest BCUT2D eigenvalue weighted by Gasteiger charge is 2.45. The third kappa shape index (κ3) is 3.01. The zero-order valence-electron chi connectivity index (χ0n) is 13.5. The van der Waals surface area contributed by atoms with Crippen LogP contribution in [-0.4, -0.2) is 24.5 Å². The number of hydrogen-bond donors (Lipinski definition) is 2. The first-order chi connectivity index (χ1) is 11.2. The van der Waals surface area contributed by atoms with Crippen LogP contribution in [0.3, 0.4) is 0 Å². The molecule has 23 heavy (non-hydrogen) atoms. The van der Waals surface area contributed by atoms with Gasteiger partial charge < -0.3 is 10.6 Å². The topological polar surface area (TPSA) is 41.1 Å². The fraction of sp³-hybridized carbons (Fsp3) is 0.632. The second-order valence-electron chi connectivity index (χ2n) is 7.61. The van der Waals surface area contributed by atoms with E-state index in [9.17, 15) is 9.18 Å². The van der Waals surface area contributed by atoms with Crippen LogP contribution in [0.4, 0.5) is 4.39 Å². The van der Waals surface area contributed by atoms with Gasteiger partial charge in [-0.05, 0) is 55.7 Å². The zero-order valence-corrected chi connectivity index (χ0v) is 13.5. The lowest BCUT2D eigenvalue weighted by molar-refractivity contribution is -0.123. The van der Waals surface area contributed by atoms with E-state index in [2.05, 4.69) is 10.6 Å². The van der Waals surface area contributed by atoms with Gasteiger partial charge in [-0.15, -0.1) is 0 Å². The van der Waals surface area contributed by atoms with Gasteiger partial charge in [0, 0.05) is 18.0 Å².